The van der Waals surface area contributed by atoms with Gasteiger partial charge in [0.1, 0.15) is 18.8 Å². The van der Waals surface area contributed by atoms with Gasteiger partial charge in [0.15, 0.2) is 29.1 Å². The summed E-state index contributed by atoms with van der Waals surface area (Å²) in [5, 5.41) is 38.8. The molecule has 0 radical (unpaired) electrons. The minimum Gasteiger partial charge on any atom is -0.481 e. The second-order valence-electron chi connectivity index (χ2n) is 16.8. The highest BCUT2D eigenvalue weighted by Crippen LogP contribution is 2.72. The van der Waals surface area contributed by atoms with E-state index in [9.17, 15) is 44.1 Å². The summed E-state index contributed by atoms with van der Waals surface area (Å²) in [6.45, 7) is 2.19. The minimum atomic E-state index is -2.37. The van der Waals surface area contributed by atoms with Crippen molar-refractivity contribution < 1.29 is 62.3 Å². The number of carboxylic acids is 1. The number of carbonyl (C=O) groups excluding carboxylic acids is 5. The van der Waals surface area contributed by atoms with Crippen molar-refractivity contribution in [3.63, 3.8) is 0 Å². The first-order valence-corrected chi connectivity index (χ1v) is 20.8. The Morgan fingerprint density at radius 3 is 2.58 bits per heavy atom. The molecule has 3 saturated carbocycles. The number of fused-ring (bicyclic) bond motifs is 7. The number of carboxylic acid groups (broad SMARTS) is 1. The lowest BCUT2D eigenvalue weighted by atomic mass is 9.44. The number of aliphatic hydroxyl groups is 2. The molecule has 1 aliphatic heterocycles. The van der Waals surface area contributed by atoms with Gasteiger partial charge in [0, 0.05) is 53.4 Å². The average Bonchev–Trinajstić information content (AvgIpc) is 3.90. The number of allylic oxidation sites excluding steroid dienone is 4. The summed E-state index contributed by atoms with van der Waals surface area (Å²) in [5.74, 6) is -5.85. The molecule has 322 valence electrons. The Bertz CT molecular complexity index is 2160. The summed E-state index contributed by atoms with van der Waals surface area (Å²) in [5.41, 5.74) is -5.42. The summed E-state index contributed by atoms with van der Waals surface area (Å²) < 4.78 is 48.5. The molecule has 7 rings (SSSR count). The minimum absolute atomic E-state index is 0.0124. The van der Waals surface area contributed by atoms with E-state index >= 15 is 8.78 Å². The lowest BCUT2D eigenvalue weighted by molar-refractivity contribution is -0.235. The van der Waals surface area contributed by atoms with E-state index < -0.39 is 119 Å². The molecule has 0 spiro atoms. The predicted molar refractivity (Wildman–Crippen MR) is 212 cm³/mol. The molecule has 2 aromatic rings. The van der Waals surface area contributed by atoms with Crippen LogP contribution in [0.2, 0.25) is 0 Å². The molecule has 4 aliphatic carbocycles. The van der Waals surface area contributed by atoms with Crippen molar-refractivity contribution in [1.29, 1.82) is 0 Å². The third kappa shape index (κ3) is 7.22. The number of Topliss-reactive ketones (excluding diaryl/α,β-unsaturated/α-hetero) is 1. The lowest BCUT2D eigenvalue weighted by Crippen LogP contribution is -2.70. The second-order valence-corrected chi connectivity index (χ2v) is 17.3. The number of anilines is 1. The largest absolute Gasteiger partial charge is 0.481 e. The van der Waals surface area contributed by atoms with Crippen LogP contribution in [-0.2, 0) is 44.8 Å². The Labute approximate surface area is 352 Å². The van der Waals surface area contributed by atoms with Crippen molar-refractivity contribution >= 4 is 56.9 Å². The van der Waals surface area contributed by atoms with E-state index in [0.29, 0.717) is 17.8 Å². The van der Waals surface area contributed by atoms with E-state index in [1.807, 2.05) is 0 Å². The van der Waals surface area contributed by atoms with E-state index in [2.05, 4.69) is 31.9 Å². The van der Waals surface area contributed by atoms with Crippen LogP contribution in [0.15, 0.2) is 66.5 Å². The number of aliphatic carboxylic acids is 1. The molecule has 60 heavy (non-hydrogen) atoms. The van der Waals surface area contributed by atoms with Gasteiger partial charge in [-0.15, -0.1) is 0 Å². The van der Waals surface area contributed by atoms with Crippen LogP contribution in [0.3, 0.4) is 0 Å². The number of halogens is 3. The van der Waals surface area contributed by atoms with Gasteiger partial charge in [0.25, 0.3) is 0 Å². The molecular weight excluding hydrogens is 854 g/mol. The number of hydrogen-bond acceptors (Lipinski definition) is 10. The van der Waals surface area contributed by atoms with Gasteiger partial charge in [0.2, 0.25) is 17.7 Å². The highest BCUT2D eigenvalue weighted by Gasteiger charge is 2.80. The van der Waals surface area contributed by atoms with Crippen LogP contribution in [0.1, 0.15) is 63.4 Å². The zero-order chi connectivity index (χ0) is 43.4. The molecular formula is C42H47BrF2N4O11. The highest BCUT2D eigenvalue weighted by atomic mass is 79.9. The van der Waals surface area contributed by atoms with Crippen molar-refractivity contribution in [2.75, 3.05) is 23.8 Å². The van der Waals surface area contributed by atoms with Gasteiger partial charge in [-0.3, -0.25) is 28.8 Å². The summed E-state index contributed by atoms with van der Waals surface area (Å²) in [4.78, 5) is 74.5. The average molecular weight is 902 g/mol. The maximum Gasteiger partial charge on any atom is 0.303 e. The van der Waals surface area contributed by atoms with Gasteiger partial charge in [-0.2, -0.15) is 0 Å². The molecule has 1 saturated heterocycles. The molecule has 4 fully saturated rings. The Balaban J connectivity index is 1.06. The van der Waals surface area contributed by atoms with Crippen LogP contribution in [-0.4, -0.2) is 109 Å². The topological polar surface area (TPSA) is 223 Å². The van der Waals surface area contributed by atoms with E-state index in [1.165, 1.54) is 19.1 Å². The first-order chi connectivity index (χ1) is 28.4. The van der Waals surface area contributed by atoms with Crippen molar-refractivity contribution in [2.24, 2.45) is 22.7 Å². The lowest BCUT2D eigenvalue weighted by Gasteiger charge is -2.63. The molecule has 18 heteroatoms. The van der Waals surface area contributed by atoms with Crippen LogP contribution in [0.25, 0.3) is 0 Å². The van der Waals surface area contributed by atoms with E-state index in [0.717, 1.165) is 11.6 Å². The molecule has 11 atom stereocenters. The zero-order valence-corrected chi connectivity index (χ0v) is 34.5. The van der Waals surface area contributed by atoms with Gasteiger partial charge in [-0.05, 0) is 80.0 Å². The molecule has 0 bridgehead atoms. The third-order valence-corrected chi connectivity index (χ3v) is 13.9. The van der Waals surface area contributed by atoms with Crippen LogP contribution in [0.5, 0.6) is 0 Å². The first kappa shape index (κ1) is 43.5. The summed E-state index contributed by atoms with van der Waals surface area (Å²) in [6, 6.07) is 7.35. The number of carbonyl (C=O) groups is 6. The third-order valence-electron chi connectivity index (χ3n) is 13.4. The van der Waals surface area contributed by atoms with Crippen LogP contribution in [0.4, 0.5) is 14.5 Å². The number of ketones is 2. The van der Waals surface area contributed by atoms with Crippen molar-refractivity contribution in [3.05, 3.63) is 77.7 Å². The summed E-state index contributed by atoms with van der Waals surface area (Å²) in [6.07, 6.45) is 0.696. The first-order valence-electron chi connectivity index (χ1n) is 19.7. The molecule has 3 amide bonds. The number of nitrogens with zero attached hydrogens (tertiary/aromatic N) is 1. The van der Waals surface area contributed by atoms with Gasteiger partial charge in [-0.25, -0.2) is 8.78 Å². The SMILES string of the molecule is C[C@]12C=CC(=O)C=C1[C@@H](F)C[C@H]1[C@@H]3C[C@H]4O[C@@H](c5ccn(Cc6cccc(NC(=O)[C@H](CCC(=O)O)NC(=O)CNC(=O)CBr)c6)c5)O[C@@]4(C(=O)CO)[C@@]3(C)C[C@H](O)[C@@]12F. The Hall–Kier alpha value is -4.62. The molecule has 1 aromatic heterocycles. The van der Waals surface area contributed by atoms with Crippen molar-refractivity contribution in [1.82, 2.24) is 15.2 Å². The number of amides is 3. The van der Waals surface area contributed by atoms with Crippen LogP contribution < -0.4 is 16.0 Å². The number of rotatable bonds is 14. The van der Waals surface area contributed by atoms with Crippen LogP contribution >= 0.6 is 15.9 Å². The van der Waals surface area contributed by atoms with E-state index in [-0.39, 0.29) is 36.6 Å². The number of alkyl halides is 3. The van der Waals surface area contributed by atoms with Gasteiger partial charge in [0.05, 0.1) is 24.1 Å². The fraction of sp³-hybridized carbons (Fsp3) is 0.524. The molecule has 15 nitrogen and oxygen atoms in total. The van der Waals surface area contributed by atoms with Gasteiger partial charge in [-0.1, -0.05) is 41.1 Å². The number of benzene rings is 1. The highest BCUT2D eigenvalue weighted by molar-refractivity contribution is 9.09. The number of hydrogen-bond donors (Lipinski definition) is 6. The number of ether oxygens (including phenoxy) is 2. The molecule has 5 aliphatic rings. The van der Waals surface area contributed by atoms with Crippen LogP contribution in [0, 0.1) is 22.7 Å². The fourth-order valence-electron chi connectivity index (χ4n) is 10.6. The summed E-state index contributed by atoms with van der Waals surface area (Å²) in [7, 11) is 0. The zero-order valence-electron chi connectivity index (χ0n) is 32.9. The summed E-state index contributed by atoms with van der Waals surface area (Å²) >= 11 is 2.97. The van der Waals surface area contributed by atoms with E-state index in [1.54, 1.807) is 54.2 Å². The monoisotopic (exact) mass is 900 g/mol. The Morgan fingerprint density at radius 2 is 1.87 bits per heavy atom. The molecule has 1 aromatic carbocycles. The Kier molecular flexibility index (Phi) is 11.8. The van der Waals surface area contributed by atoms with Crippen molar-refractivity contribution in [2.45, 2.75) is 94.5 Å². The molecule has 2 heterocycles. The normalized spacial score (nSPS) is 34.3. The van der Waals surface area contributed by atoms with Gasteiger partial charge >= 0.3 is 5.97 Å². The van der Waals surface area contributed by atoms with Crippen molar-refractivity contribution in [3.8, 4) is 0 Å². The quantitative estimate of drug-likeness (QED) is 0.151. The number of aliphatic hydroxyl groups excluding tert-OH is 2. The number of aromatic nitrogens is 1. The molecule has 0 unspecified atom stereocenters. The molecule has 6 N–H and O–H groups in total. The Morgan fingerprint density at radius 1 is 1.10 bits per heavy atom. The van der Waals surface area contributed by atoms with Gasteiger partial charge < -0.3 is 45.3 Å². The fourth-order valence-corrected chi connectivity index (χ4v) is 10.8. The maximum atomic E-state index is 17.7. The maximum absolute atomic E-state index is 17.7. The van der Waals surface area contributed by atoms with E-state index in [4.69, 9.17) is 9.47 Å². The predicted octanol–water partition coefficient (Wildman–Crippen LogP) is 2.98. The smallest absolute Gasteiger partial charge is 0.303 e. The second kappa shape index (κ2) is 16.3. The number of nitrogens with one attached hydrogen (secondary N) is 3. The standard InChI is InChI=1S/C42H47BrF2N4O11/c1-39-10-8-25(51)13-28(39)29(44)14-27-26-15-33-42(32(53)21-50,40(26,2)16-31(52)41(27,39)45)60-38(59-33)23-9-11-49(20-23)19-22-4-3-5-24(12-22)47-37(58)30(6-7-36(56)57)48-35(55)18-46-34(54)17-43/h3-5,8-13,20,26-27,29-31,33,38,50,52H,6-7,14-19,21H2,1-2H3,(H,46,54)(H,47,58)(H,48,55)(H,56,57)/t26-,27-,29-,30-,31-,33+,38+,39-,40-,41-,42+/m0/s1.